The first-order chi connectivity index (χ1) is 13.9. The van der Waals surface area contributed by atoms with Crippen molar-refractivity contribution in [1.29, 1.82) is 0 Å². The van der Waals surface area contributed by atoms with E-state index in [1.54, 1.807) is 6.26 Å². The number of likely N-dealkylation sites (tertiary alicyclic amines) is 1. The lowest BCUT2D eigenvalue weighted by atomic mass is 9.93. The maximum absolute atomic E-state index is 5.81. The molecule has 0 bridgehead atoms. The van der Waals surface area contributed by atoms with Crippen molar-refractivity contribution < 1.29 is 4.42 Å². The van der Waals surface area contributed by atoms with Crippen molar-refractivity contribution in [2.24, 2.45) is 5.92 Å². The second-order valence-electron chi connectivity index (χ2n) is 7.89. The number of piperidine rings is 1. The number of hydrogen-bond donors (Lipinski definition) is 0. The van der Waals surface area contributed by atoms with Gasteiger partial charge in [-0.15, -0.1) is 0 Å². The lowest BCUT2D eigenvalue weighted by Gasteiger charge is -2.37. The quantitative estimate of drug-likeness (QED) is 0.447. The molecule has 1 fully saturated rings. The summed E-state index contributed by atoms with van der Waals surface area (Å²) < 4.78 is 8.19. The highest BCUT2D eigenvalue weighted by atomic mass is 16.3. The van der Waals surface area contributed by atoms with Gasteiger partial charge in [0.15, 0.2) is 0 Å². The molecular weight excluding hydrogens is 344 g/mol. The number of benzene rings is 2. The van der Waals surface area contributed by atoms with Gasteiger partial charge in [-0.25, -0.2) is 0 Å². The second kappa shape index (κ2) is 7.69. The van der Waals surface area contributed by atoms with Gasteiger partial charge in [-0.05, 0) is 60.3 Å². The summed E-state index contributed by atoms with van der Waals surface area (Å²) in [5.74, 6) is 1.77. The van der Waals surface area contributed by atoms with E-state index in [1.807, 2.05) is 6.07 Å². The number of aromatic nitrogens is 1. The summed E-state index contributed by atoms with van der Waals surface area (Å²) in [4.78, 5) is 2.58. The van der Waals surface area contributed by atoms with Gasteiger partial charge < -0.3 is 8.98 Å². The van der Waals surface area contributed by atoms with E-state index < -0.39 is 0 Å². The van der Waals surface area contributed by atoms with Gasteiger partial charge in [-0.2, -0.15) is 0 Å². The van der Waals surface area contributed by atoms with Crippen LogP contribution in [0.3, 0.4) is 0 Å². The standard InChI is InChI=1S/C25H26N2O/c1-2-7-21(8-3-1)25(24-11-6-16-28-24)27-14-12-20(13-15-27)17-26-18-22-9-4-5-10-23(22)19-26/h1-11,16,18-20,25H,12-15,17H2. The third-order valence-corrected chi connectivity index (χ3v) is 6.02. The van der Waals surface area contributed by atoms with Crippen LogP contribution >= 0.6 is 0 Å². The first-order valence-corrected chi connectivity index (χ1v) is 10.2. The Kier molecular flexibility index (Phi) is 4.76. The van der Waals surface area contributed by atoms with Gasteiger partial charge in [0, 0.05) is 18.9 Å². The van der Waals surface area contributed by atoms with E-state index in [0.717, 1.165) is 31.3 Å². The van der Waals surface area contributed by atoms with E-state index in [1.165, 1.54) is 29.2 Å². The first kappa shape index (κ1) is 17.3. The number of nitrogens with zero attached hydrogens (tertiary/aromatic N) is 2. The molecule has 0 radical (unpaired) electrons. The number of hydrogen-bond acceptors (Lipinski definition) is 2. The smallest absolute Gasteiger partial charge is 0.125 e. The molecule has 28 heavy (non-hydrogen) atoms. The Balaban J connectivity index is 1.28. The van der Waals surface area contributed by atoms with Gasteiger partial charge in [-0.1, -0.05) is 54.6 Å². The zero-order valence-electron chi connectivity index (χ0n) is 16.1. The molecule has 0 amide bonds. The molecule has 0 spiro atoms. The van der Waals surface area contributed by atoms with Crippen LogP contribution in [0.15, 0.2) is 89.8 Å². The molecule has 0 aliphatic carbocycles. The minimum absolute atomic E-state index is 0.214. The summed E-state index contributed by atoms with van der Waals surface area (Å²) in [5.41, 5.74) is 1.31. The Bertz CT molecular complexity index is 978. The number of furan rings is 1. The van der Waals surface area contributed by atoms with Crippen LogP contribution in [0, 0.1) is 5.92 Å². The van der Waals surface area contributed by atoms with Crippen molar-refractivity contribution in [3.05, 3.63) is 96.7 Å². The first-order valence-electron chi connectivity index (χ1n) is 10.2. The third kappa shape index (κ3) is 3.50. The fourth-order valence-electron chi connectivity index (χ4n) is 4.58. The average molecular weight is 370 g/mol. The van der Waals surface area contributed by atoms with Crippen molar-refractivity contribution in [2.75, 3.05) is 13.1 Å². The summed E-state index contributed by atoms with van der Waals surface area (Å²) in [7, 11) is 0. The minimum Gasteiger partial charge on any atom is -0.467 e. The zero-order valence-corrected chi connectivity index (χ0v) is 16.1. The lowest BCUT2D eigenvalue weighted by molar-refractivity contribution is 0.131. The molecular formula is C25H26N2O. The Morgan fingerprint density at radius 3 is 2.14 bits per heavy atom. The van der Waals surface area contributed by atoms with Crippen LogP contribution in [0.4, 0.5) is 0 Å². The van der Waals surface area contributed by atoms with Crippen LogP contribution in [0.5, 0.6) is 0 Å². The molecule has 4 aromatic rings. The number of fused-ring (bicyclic) bond motifs is 1. The van der Waals surface area contributed by atoms with Crippen molar-refractivity contribution >= 4 is 10.8 Å². The predicted molar refractivity (Wildman–Crippen MR) is 113 cm³/mol. The molecule has 1 aliphatic heterocycles. The summed E-state index contributed by atoms with van der Waals surface area (Å²) in [6.07, 6.45) is 8.81. The SMILES string of the molecule is c1ccc(C(c2ccco2)N2CCC(Cn3cc4ccccc4c3)CC2)cc1. The van der Waals surface area contributed by atoms with E-state index in [2.05, 4.69) is 82.5 Å². The minimum atomic E-state index is 0.214. The molecule has 0 N–H and O–H groups in total. The lowest BCUT2D eigenvalue weighted by Crippen LogP contribution is -2.38. The topological polar surface area (TPSA) is 21.3 Å². The van der Waals surface area contributed by atoms with Gasteiger partial charge in [0.25, 0.3) is 0 Å². The van der Waals surface area contributed by atoms with Gasteiger partial charge in [-0.3, -0.25) is 4.90 Å². The highest BCUT2D eigenvalue weighted by molar-refractivity contribution is 5.82. The maximum atomic E-state index is 5.81. The Morgan fingerprint density at radius 1 is 0.821 bits per heavy atom. The van der Waals surface area contributed by atoms with Crippen LogP contribution in [0.1, 0.15) is 30.2 Å². The molecule has 2 aromatic carbocycles. The van der Waals surface area contributed by atoms with E-state index >= 15 is 0 Å². The summed E-state index contributed by atoms with van der Waals surface area (Å²) in [6, 6.07) is 23.7. The summed E-state index contributed by atoms with van der Waals surface area (Å²) in [6.45, 7) is 3.32. The van der Waals surface area contributed by atoms with E-state index in [4.69, 9.17) is 4.42 Å². The summed E-state index contributed by atoms with van der Waals surface area (Å²) in [5, 5.41) is 2.67. The van der Waals surface area contributed by atoms with E-state index in [9.17, 15) is 0 Å². The molecule has 142 valence electrons. The normalized spacial score (nSPS) is 17.1. The molecule has 3 nitrogen and oxygen atoms in total. The third-order valence-electron chi connectivity index (χ3n) is 6.02. The zero-order chi connectivity index (χ0) is 18.8. The van der Waals surface area contributed by atoms with Gasteiger partial charge in [0.05, 0.1) is 12.3 Å². The van der Waals surface area contributed by atoms with Crippen LogP contribution < -0.4 is 0 Å². The van der Waals surface area contributed by atoms with Gasteiger partial charge in [0.2, 0.25) is 0 Å². The van der Waals surface area contributed by atoms with Crippen molar-refractivity contribution in [3.63, 3.8) is 0 Å². The van der Waals surface area contributed by atoms with Crippen LogP contribution in [0.25, 0.3) is 10.8 Å². The van der Waals surface area contributed by atoms with Crippen LogP contribution in [-0.2, 0) is 6.54 Å². The molecule has 0 saturated carbocycles. The van der Waals surface area contributed by atoms with Crippen molar-refractivity contribution in [3.8, 4) is 0 Å². The van der Waals surface area contributed by atoms with E-state index in [-0.39, 0.29) is 6.04 Å². The maximum Gasteiger partial charge on any atom is 0.125 e. The predicted octanol–water partition coefficient (Wildman–Crippen LogP) is 5.74. The molecule has 1 saturated heterocycles. The molecule has 1 atom stereocenters. The molecule has 1 aliphatic rings. The highest BCUT2D eigenvalue weighted by Crippen LogP contribution is 2.33. The van der Waals surface area contributed by atoms with Crippen molar-refractivity contribution in [1.82, 2.24) is 9.47 Å². The average Bonchev–Trinajstić information content (AvgIpc) is 3.40. The highest BCUT2D eigenvalue weighted by Gasteiger charge is 2.29. The molecule has 1 unspecified atom stereocenters. The fourth-order valence-corrected chi connectivity index (χ4v) is 4.58. The van der Waals surface area contributed by atoms with Gasteiger partial charge in [0.1, 0.15) is 5.76 Å². The van der Waals surface area contributed by atoms with Gasteiger partial charge >= 0.3 is 0 Å². The van der Waals surface area contributed by atoms with Crippen LogP contribution in [-0.4, -0.2) is 22.6 Å². The van der Waals surface area contributed by atoms with Crippen molar-refractivity contribution in [2.45, 2.75) is 25.4 Å². The largest absolute Gasteiger partial charge is 0.467 e. The number of rotatable bonds is 5. The summed E-state index contributed by atoms with van der Waals surface area (Å²) >= 11 is 0. The molecule has 5 rings (SSSR count). The molecule has 3 heteroatoms. The molecule has 2 aromatic heterocycles. The second-order valence-corrected chi connectivity index (χ2v) is 7.89. The van der Waals surface area contributed by atoms with Crippen LogP contribution in [0.2, 0.25) is 0 Å². The Hall–Kier alpha value is -2.78. The molecule has 3 heterocycles. The van der Waals surface area contributed by atoms with E-state index in [0.29, 0.717) is 0 Å². The Morgan fingerprint density at radius 2 is 1.50 bits per heavy atom. The Labute approximate surface area is 166 Å². The monoisotopic (exact) mass is 370 g/mol. The fraction of sp³-hybridized carbons (Fsp3) is 0.280.